The van der Waals surface area contributed by atoms with E-state index in [9.17, 15) is 14.4 Å². The first-order valence-electron chi connectivity index (χ1n) is 11.3. The van der Waals surface area contributed by atoms with E-state index in [0.717, 1.165) is 32.1 Å². The average Bonchev–Trinajstić information content (AvgIpc) is 2.70. The second kappa shape index (κ2) is 8.83. The van der Waals surface area contributed by atoms with E-state index in [4.69, 9.17) is 0 Å². The fourth-order valence-corrected chi connectivity index (χ4v) is 5.26. The molecular weight excluding hydrogens is 354 g/mol. The molecule has 2 aliphatic heterocycles. The standard InChI is InChI=1S/C22H37N3O3/c1-4-12-25-20(27)18(15-16(2)3)23-21(28)22(25)10-13-24(14-11-22)19(26)17-8-6-5-7-9-17/h16-18H,4-15H2,1-3H3,(H,23,28). The van der Waals surface area contributed by atoms with Gasteiger partial charge in [0.25, 0.3) is 0 Å². The maximum atomic E-state index is 13.2. The lowest BCUT2D eigenvalue weighted by Gasteiger charge is -2.52. The summed E-state index contributed by atoms with van der Waals surface area (Å²) in [4.78, 5) is 43.0. The van der Waals surface area contributed by atoms with Gasteiger partial charge in [0.2, 0.25) is 17.7 Å². The third kappa shape index (κ3) is 4.06. The summed E-state index contributed by atoms with van der Waals surface area (Å²) in [5, 5.41) is 3.02. The molecule has 1 unspecified atom stereocenters. The maximum Gasteiger partial charge on any atom is 0.246 e. The minimum atomic E-state index is -0.774. The van der Waals surface area contributed by atoms with Crippen molar-refractivity contribution in [1.29, 1.82) is 0 Å². The molecule has 3 rings (SSSR count). The second-order valence-corrected chi connectivity index (χ2v) is 9.34. The number of carbonyl (C=O) groups is 3. The molecule has 1 atom stereocenters. The van der Waals surface area contributed by atoms with Crippen molar-refractivity contribution in [3.8, 4) is 0 Å². The van der Waals surface area contributed by atoms with Crippen LogP contribution < -0.4 is 5.32 Å². The van der Waals surface area contributed by atoms with E-state index in [-0.39, 0.29) is 23.6 Å². The molecule has 2 heterocycles. The van der Waals surface area contributed by atoms with Crippen molar-refractivity contribution >= 4 is 17.7 Å². The molecule has 0 bridgehead atoms. The Labute approximate surface area is 169 Å². The molecule has 1 spiro atoms. The summed E-state index contributed by atoms with van der Waals surface area (Å²) in [5.74, 6) is 0.809. The Bertz CT molecular complexity index is 590. The lowest BCUT2D eigenvalue weighted by atomic mass is 9.80. The van der Waals surface area contributed by atoms with Gasteiger partial charge in [-0.15, -0.1) is 0 Å². The SMILES string of the molecule is CCCN1C(=O)C(CC(C)C)NC(=O)C12CCN(C(=O)C1CCCCC1)CC2. The van der Waals surface area contributed by atoms with Crippen LogP contribution in [0, 0.1) is 11.8 Å². The normalized spacial score (nSPS) is 26.1. The molecule has 1 saturated carbocycles. The van der Waals surface area contributed by atoms with E-state index in [1.807, 2.05) is 16.7 Å². The van der Waals surface area contributed by atoms with Gasteiger partial charge in [-0.05, 0) is 44.4 Å². The molecule has 1 N–H and O–H groups in total. The Hall–Kier alpha value is -1.59. The van der Waals surface area contributed by atoms with Gasteiger partial charge < -0.3 is 15.1 Å². The summed E-state index contributed by atoms with van der Waals surface area (Å²) >= 11 is 0. The molecule has 28 heavy (non-hydrogen) atoms. The van der Waals surface area contributed by atoms with Crippen LogP contribution in [0.5, 0.6) is 0 Å². The minimum absolute atomic E-state index is 0.0176. The second-order valence-electron chi connectivity index (χ2n) is 9.34. The molecule has 2 saturated heterocycles. The van der Waals surface area contributed by atoms with Crippen LogP contribution in [0.15, 0.2) is 0 Å². The first-order valence-corrected chi connectivity index (χ1v) is 11.3. The van der Waals surface area contributed by atoms with E-state index < -0.39 is 11.6 Å². The molecule has 0 radical (unpaired) electrons. The summed E-state index contributed by atoms with van der Waals surface area (Å²) in [6.07, 6.45) is 8.14. The van der Waals surface area contributed by atoms with Crippen molar-refractivity contribution in [2.45, 2.75) is 90.1 Å². The van der Waals surface area contributed by atoms with E-state index in [0.29, 0.717) is 44.8 Å². The quantitative estimate of drug-likeness (QED) is 0.783. The molecule has 3 aliphatic rings. The largest absolute Gasteiger partial charge is 0.342 e. The third-order valence-corrected chi connectivity index (χ3v) is 6.82. The average molecular weight is 392 g/mol. The Morgan fingerprint density at radius 1 is 1.14 bits per heavy atom. The van der Waals surface area contributed by atoms with Gasteiger partial charge in [-0.2, -0.15) is 0 Å². The summed E-state index contributed by atoms with van der Waals surface area (Å²) in [6, 6.07) is -0.411. The van der Waals surface area contributed by atoms with Crippen molar-refractivity contribution < 1.29 is 14.4 Å². The number of hydrogen-bond acceptors (Lipinski definition) is 3. The number of nitrogens with one attached hydrogen (secondary N) is 1. The minimum Gasteiger partial charge on any atom is -0.342 e. The molecule has 158 valence electrons. The highest BCUT2D eigenvalue weighted by Gasteiger charge is 2.53. The Balaban J connectivity index is 1.71. The lowest BCUT2D eigenvalue weighted by Crippen LogP contribution is -2.73. The fraction of sp³-hybridized carbons (Fsp3) is 0.864. The molecule has 3 fully saturated rings. The van der Waals surface area contributed by atoms with Crippen molar-refractivity contribution in [3.05, 3.63) is 0 Å². The number of likely N-dealkylation sites (tertiary alicyclic amines) is 1. The molecule has 1 aliphatic carbocycles. The number of amides is 3. The smallest absolute Gasteiger partial charge is 0.246 e. The molecule has 6 heteroatoms. The van der Waals surface area contributed by atoms with Gasteiger partial charge in [0.1, 0.15) is 11.6 Å². The lowest BCUT2D eigenvalue weighted by molar-refractivity contribution is -0.163. The van der Waals surface area contributed by atoms with Gasteiger partial charge in [0.05, 0.1) is 0 Å². The van der Waals surface area contributed by atoms with Crippen molar-refractivity contribution in [2.75, 3.05) is 19.6 Å². The van der Waals surface area contributed by atoms with Crippen LogP contribution in [-0.2, 0) is 14.4 Å². The predicted molar refractivity (Wildman–Crippen MR) is 109 cm³/mol. The number of hydrogen-bond donors (Lipinski definition) is 1. The summed E-state index contributed by atoms with van der Waals surface area (Å²) in [7, 11) is 0. The van der Waals surface area contributed by atoms with Gasteiger partial charge in [0.15, 0.2) is 0 Å². The molecule has 0 aromatic heterocycles. The van der Waals surface area contributed by atoms with Crippen LogP contribution in [0.25, 0.3) is 0 Å². The van der Waals surface area contributed by atoms with Gasteiger partial charge >= 0.3 is 0 Å². The van der Waals surface area contributed by atoms with Crippen LogP contribution in [0.2, 0.25) is 0 Å². The fourth-order valence-electron chi connectivity index (χ4n) is 5.26. The van der Waals surface area contributed by atoms with Crippen molar-refractivity contribution in [1.82, 2.24) is 15.1 Å². The Kier molecular flexibility index (Phi) is 6.66. The van der Waals surface area contributed by atoms with Crippen molar-refractivity contribution in [3.63, 3.8) is 0 Å². The zero-order chi connectivity index (χ0) is 20.3. The summed E-state index contributed by atoms with van der Waals surface area (Å²) in [6.45, 7) is 7.95. The first-order chi connectivity index (χ1) is 13.4. The number of carbonyl (C=O) groups excluding carboxylic acids is 3. The Morgan fingerprint density at radius 2 is 1.79 bits per heavy atom. The monoisotopic (exact) mass is 391 g/mol. The van der Waals surface area contributed by atoms with E-state index >= 15 is 0 Å². The summed E-state index contributed by atoms with van der Waals surface area (Å²) in [5.41, 5.74) is -0.774. The van der Waals surface area contributed by atoms with Gasteiger partial charge in [0, 0.05) is 25.6 Å². The van der Waals surface area contributed by atoms with E-state index in [1.165, 1.54) is 6.42 Å². The van der Waals surface area contributed by atoms with E-state index in [1.54, 1.807) is 0 Å². The van der Waals surface area contributed by atoms with Crippen LogP contribution in [-0.4, -0.2) is 58.7 Å². The maximum absolute atomic E-state index is 13.2. The molecular formula is C22H37N3O3. The molecule has 0 aromatic rings. The van der Waals surface area contributed by atoms with Crippen LogP contribution in [0.4, 0.5) is 0 Å². The zero-order valence-corrected chi connectivity index (χ0v) is 17.8. The highest BCUT2D eigenvalue weighted by atomic mass is 16.2. The number of piperidine rings is 1. The van der Waals surface area contributed by atoms with Gasteiger partial charge in [-0.3, -0.25) is 14.4 Å². The predicted octanol–water partition coefficient (Wildman–Crippen LogP) is 2.71. The topological polar surface area (TPSA) is 69.7 Å². The number of piperazine rings is 1. The third-order valence-electron chi connectivity index (χ3n) is 6.82. The molecule has 3 amide bonds. The van der Waals surface area contributed by atoms with Crippen molar-refractivity contribution in [2.24, 2.45) is 11.8 Å². The van der Waals surface area contributed by atoms with Gasteiger partial charge in [-0.1, -0.05) is 40.0 Å². The highest BCUT2D eigenvalue weighted by molar-refractivity contribution is 6.00. The van der Waals surface area contributed by atoms with Crippen LogP contribution >= 0.6 is 0 Å². The highest BCUT2D eigenvalue weighted by Crippen LogP contribution is 2.35. The zero-order valence-electron chi connectivity index (χ0n) is 17.8. The first kappa shape index (κ1) is 21.1. The molecule has 0 aromatic carbocycles. The van der Waals surface area contributed by atoms with E-state index in [2.05, 4.69) is 19.2 Å². The van der Waals surface area contributed by atoms with Crippen LogP contribution in [0.3, 0.4) is 0 Å². The Morgan fingerprint density at radius 3 is 2.36 bits per heavy atom. The summed E-state index contributed by atoms with van der Waals surface area (Å²) < 4.78 is 0. The molecule has 6 nitrogen and oxygen atoms in total. The van der Waals surface area contributed by atoms with Crippen LogP contribution in [0.1, 0.15) is 78.6 Å². The van der Waals surface area contributed by atoms with Gasteiger partial charge in [-0.25, -0.2) is 0 Å². The number of rotatable bonds is 5. The number of nitrogens with zero attached hydrogens (tertiary/aromatic N) is 2.